The molecule has 0 aliphatic carbocycles. The highest BCUT2D eigenvalue weighted by molar-refractivity contribution is 7.19. The minimum Gasteiger partial charge on any atom is -0.508 e. The molecule has 0 unspecified atom stereocenters. The van der Waals surface area contributed by atoms with E-state index in [2.05, 4.69) is 26.8 Å². The number of hydrogen-bond donors (Lipinski definition) is 2. The Morgan fingerprint density at radius 2 is 2.08 bits per heavy atom. The maximum atomic E-state index is 10.8. The highest BCUT2D eigenvalue weighted by atomic mass is 32.1. The predicted octanol–water partition coefficient (Wildman–Crippen LogP) is 2.97. The Kier molecular flexibility index (Phi) is 4.59. The second kappa shape index (κ2) is 6.98. The molecule has 0 radical (unpaired) electrons. The third-order valence-electron chi connectivity index (χ3n) is 3.14. The summed E-state index contributed by atoms with van der Waals surface area (Å²) in [7, 11) is 1.36. The van der Waals surface area contributed by atoms with E-state index in [1.165, 1.54) is 30.8 Å². The van der Waals surface area contributed by atoms with Gasteiger partial charge in [0.2, 0.25) is 5.95 Å². The van der Waals surface area contributed by atoms with E-state index in [1.807, 2.05) is 0 Å². The van der Waals surface area contributed by atoms with Crippen LogP contribution in [0.25, 0.3) is 16.3 Å². The van der Waals surface area contributed by atoms with Crippen LogP contribution in [0.4, 0.5) is 10.7 Å². The summed E-state index contributed by atoms with van der Waals surface area (Å²) in [6.45, 7) is 0. The van der Waals surface area contributed by atoms with Crippen LogP contribution in [-0.2, 0) is 0 Å². The fourth-order valence-corrected chi connectivity index (χ4v) is 2.79. The predicted molar refractivity (Wildman–Crippen MR) is 95.7 cm³/mol. The number of aromatic hydroxyl groups is 1. The first kappa shape index (κ1) is 16.4. The molecule has 0 spiro atoms. The standard InChI is InChI=1S/C17H12N4O3S/c1-21(17(23)24)16-18-9-11(10-19-16)4-2-3-5-15-20-13-7-6-12(22)8-14(13)25-15/h3,5-10,22H,1H3,(H,23,24)/b5-3+. The van der Waals surface area contributed by atoms with Gasteiger partial charge >= 0.3 is 6.09 Å². The number of phenols is 1. The van der Waals surface area contributed by atoms with E-state index < -0.39 is 6.09 Å². The molecular formula is C17H12N4O3S. The van der Waals surface area contributed by atoms with Gasteiger partial charge in [-0.1, -0.05) is 11.8 Å². The zero-order chi connectivity index (χ0) is 17.8. The van der Waals surface area contributed by atoms with Crippen LogP contribution in [0.5, 0.6) is 5.75 Å². The van der Waals surface area contributed by atoms with Crippen LogP contribution < -0.4 is 4.90 Å². The first-order valence-electron chi connectivity index (χ1n) is 7.09. The number of nitrogens with zero attached hydrogens (tertiary/aromatic N) is 4. The second-order valence-electron chi connectivity index (χ2n) is 4.92. The Balaban J connectivity index is 1.70. The van der Waals surface area contributed by atoms with E-state index in [-0.39, 0.29) is 11.7 Å². The summed E-state index contributed by atoms with van der Waals surface area (Å²) in [6.07, 6.45) is 5.23. The van der Waals surface area contributed by atoms with Gasteiger partial charge in [-0.25, -0.2) is 24.6 Å². The molecule has 7 nitrogen and oxygen atoms in total. The third-order valence-corrected chi connectivity index (χ3v) is 4.12. The van der Waals surface area contributed by atoms with Crippen LogP contribution in [-0.4, -0.2) is 38.3 Å². The molecular weight excluding hydrogens is 340 g/mol. The fraction of sp³-hybridized carbons (Fsp3) is 0.0588. The van der Waals surface area contributed by atoms with Gasteiger partial charge in [0.1, 0.15) is 10.8 Å². The Hall–Kier alpha value is -3.44. The molecule has 0 atom stereocenters. The summed E-state index contributed by atoms with van der Waals surface area (Å²) < 4.78 is 0.902. The number of thiazole rings is 1. The van der Waals surface area contributed by atoms with Crippen molar-refractivity contribution in [2.24, 2.45) is 0 Å². The lowest BCUT2D eigenvalue weighted by Crippen LogP contribution is -2.25. The largest absolute Gasteiger partial charge is 0.508 e. The lowest BCUT2D eigenvalue weighted by atomic mass is 10.3. The van der Waals surface area contributed by atoms with Crippen molar-refractivity contribution in [1.29, 1.82) is 0 Å². The number of hydrogen-bond acceptors (Lipinski definition) is 6. The zero-order valence-electron chi connectivity index (χ0n) is 13.0. The molecule has 0 bridgehead atoms. The van der Waals surface area contributed by atoms with Crippen molar-refractivity contribution >= 4 is 39.7 Å². The first-order valence-corrected chi connectivity index (χ1v) is 7.91. The summed E-state index contributed by atoms with van der Waals surface area (Å²) in [6, 6.07) is 5.03. The van der Waals surface area contributed by atoms with Crippen molar-refractivity contribution in [3.8, 4) is 17.6 Å². The van der Waals surface area contributed by atoms with Gasteiger partial charge in [-0.2, -0.15) is 0 Å². The topological polar surface area (TPSA) is 99.4 Å². The van der Waals surface area contributed by atoms with Crippen molar-refractivity contribution < 1.29 is 15.0 Å². The zero-order valence-corrected chi connectivity index (χ0v) is 13.9. The smallest absolute Gasteiger partial charge is 0.413 e. The van der Waals surface area contributed by atoms with Crippen LogP contribution in [0.15, 0.2) is 36.7 Å². The number of anilines is 1. The highest BCUT2D eigenvalue weighted by Crippen LogP contribution is 2.26. The molecule has 0 aliphatic heterocycles. The number of phenolic OH excluding ortho intramolecular Hbond substituents is 1. The average Bonchev–Trinajstić information content (AvgIpc) is 3.00. The van der Waals surface area contributed by atoms with Crippen LogP contribution in [0, 0.1) is 11.8 Å². The van der Waals surface area contributed by atoms with Crippen molar-refractivity contribution in [1.82, 2.24) is 15.0 Å². The van der Waals surface area contributed by atoms with Crippen molar-refractivity contribution in [3.63, 3.8) is 0 Å². The summed E-state index contributed by atoms with van der Waals surface area (Å²) >= 11 is 1.45. The summed E-state index contributed by atoms with van der Waals surface area (Å²) in [4.78, 5) is 24.0. The SMILES string of the molecule is CN(C(=O)O)c1ncc(C#C/C=C/c2nc3ccc(O)cc3s2)cn1. The molecule has 8 heteroatoms. The second-order valence-corrected chi connectivity index (χ2v) is 5.98. The van der Waals surface area contributed by atoms with Gasteiger partial charge in [-0.05, 0) is 30.4 Å². The quantitative estimate of drug-likeness (QED) is 0.688. The van der Waals surface area contributed by atoms with E-state index in [1.54, 1.807) is 30.4 Å². The molecule has 0 saturated carbocycles. The average molecular weight is 352 g/mol. The minimum absolute atomic E-state index is 0.0892. The maximum absolute atomic E-state index is 10.8. The molecule has 0 aliphatic rings. The molecule has 3 aromatic rings. The number of aromatic nitrogens is 3. The van der Waals surface area contributed by atoms with Crippen molar-refractivity contribution in [2.45, 2.75) is 0 Å². The van der Waals surface area contributed by atoms with Gasteiger partial charge in [-0.15, -0.1) is 11.3 Å². The van der Waals surface area contributed by atoms with E-state index in [0.29, 0.717) is 5.56 Å². The molecule has 124 valence electrons. The molecule has 25 heavy (non-hydrogen) atoms. The van der Waals surface area contributed by atoms with Crippen molar-refractivity contribution in [2.75, 3.05) is 11.9 Å². The van der Waals surface area contributed by atoms with Crippen LogP contribution in [0.2, 0.25) is 0 Å². The van der Waals surface area contributed by atoms with E-state index in [0.717, 1.165) is 20.1 Å². The number of amides is 1. The molecule has 0 saturated heterocycles. The number of fused-ring (bicyclic) bond motifs is 1. The Labute approximate surface area is 146 Å². The Morgan fingerprint density at radius 1 is 1.32 bits per heavy atom. The Morgan fingerprint density at radius 3 is 2.80 bits per heavy atom. The normalized spacial score (nSPS) is 10.6. The minimum atomic E-state index is -1.13. The third kappa shape index (κ3) is 3.91. The molecule has 1 aromatic carbocycles. The van der Waals surface area contributed by atoms with Crippen molar-refractivity contribution in [3.05, 3.63) is 47.2 Å². The lowest BCUT2D eigenvalue weighted by molar-refractivity contribution is 0.203. The molecule has 2 heterocycles. The van der Waals surface area contributed by atoms with E-state index in [9.17, 15) is 9.90 Å². The number of allylic oxidation sites excluding steroid dienone is 1. The number of carbonyl (C=O) groups is 1. The van der Waals surface area contributed by atoms with E-state index >= 15 is 0 Å². The molecule has 2 aromatic heterocycles. The summed E-state index contributed by atoms with van der Waals surface area (Å²) in [5.74, 6) is 6.02. The van der Waals surface area contributed by atoms with Crippen LogP contribution in [0.3, 0.4) is 0 Å². The van der Waals surface area contributed by atoms with E-state index in [4.69, 9.17) is 5.11 Å². The van der Waals surface area contributed by atoms with Gasteiger partial charge in [0.05, 0.1) is 15.8 Å². The lowest BCUT2D eigenvalue weighted by Gasteiger charge is -2.09. The number of benzene rings is 1. The van der Waals surface area contributed by atoms with Crippen LogP contribution >= 0.6 is 11.3 Å². The van der Waals surface area contributed by atoms with Crippen LogP contribution in [0.1, 0.15) is 10.6 Å². The first-order chi connectivity index (χ1) is 12.0. The van der Waals surface area contributed by atoms with Gasteiger partial charge in [0.15, 0.2) is 0 Å². The molecule has 2 N–H and O–H groups in total. The summed E-state index contributed by atoms with van der Waals surface area (Å²) in [5.41, 5.74) is 1.39. The van der Waals surface area contributed by atoms with Gasteiger partial charge in [0, 0.05) is 19.4 Å². The monoisotopic (exact) mass is 352 g/mol. The highest BCUT2D eigenvalue weighted by Gasteiger charge is 2.10. The Bertz CT molecular complexity index is 1020. The number of carboxylic acid groups (broad SMARTS) is 1. The summed E-state index contributed by atoms with van der Waals surface area (Å²) in [5, 5.41) is 19.1. The molecule has 1 amide bonds. The van der Waals surface area contributed by atoms with Gasteiger partial charge in [0.25, 0.3) is 0 Å². The van der Waals surface area contributed by atoms with Gasteiger partial charge in [-0.3, -0.25) is 0 Å². The molecule has 0 fully saturated rings. The number of rotatable bonds is 2. The fourth-order valence-electron chi connectivity index (χ4n) is 1.88. The van der Waals surface area contributed by atoms with Gasteiger partial charge < -0.3 is 10.2 Å². The molecule has 3 rings (SSSR count). The maximum Gasteiger partial charge on any atom is 0.413 e.